The Morgan fingerprint density at radius 2 is 1.96 bits per heavy atom. The Bertz CT molecular complexity index is 933. The van der Waals surface area contributed by atoms with E-state index in [1.165, 1.54) is 21.4 Å². The summed E-state index contributed by atoms with van der Waals surface area (Å²) in [5.74, 6) is 0.123. The summed E-state index contributed by atoms with van der Waals surface area (Å²) in [6, 6.07) is 12.7. The van der Waals surface area contributed by atoms with Crippen LogP contribution in [0.15, 0.2) is 51.2 Å². The SMILES string of the molecule is CC[N+]1=C(SC)SC(=C2Sc3c(ccc4ccccc34)N2C)C1=O. The predicted octanol–water partition coefficient (Wildman–Crippen LogP) is 4.58. The second-order valence-corrected chi connectivity index (χ2v) is 8.60. The van der Waals surface area contributed by atoms with Crippen LogP contribution in [0.3, 0.4) is 0 Å². The van der Waals surface area contributed by atoms with E-state index < -0.39 is 0 Å². The summed E-state index contributed by atoms with van der Waals surface area (Å²) in [5, 5.41) is 3.53. The van der Waals surface area contributed by atoms with Gasteiger partial charge in [0, 0.05) is 23.7 Å². The molecule has 24 heavy (non-hydrogen) atoms. The van der Waals surface area contributed by atoms with E-state index in [4.69, 9.17) is 0 Å². The molecule has 2 aliphatic heterocycles. The second kappa shape index (κ2) is 6.17. The Morgan fingerprint density at radius 1 is 1.17 bits per heavy atom. The summed E-state index contributed by atoms with van der Waals surface area (Å²) in [5.41, 5.74) is 1.18. The van der Waals surface area contributed by atoms with E-state index in [2.05, 4.69) is 48.3 Å². The normalized spacial score (nSPS) is 20.5. The number of benzene rings is 2. The largest absolute Gasteiger partial charge is 0.430 e. The molecule has 0 atom stereocenters. The monoisotopic (exact) mass is 373 g/mol. The maximum atomic E-state index is 12.8. The summed E-state index contributed by atoms with van der Waals surface area (Å²) < 4.78 is 2.94. The van der Waals surface area contributed by atoms with Crippen molar-refractivity contribution in [1.82, 2.24) is 0 Å². The summed E-state index contributed by atoms with van der Waals surface area (Å²) in [6.45, 7) is 2.74. The molecule has 2 heterocycles. The third kappa shape index (κ3) is 2.31. The highest BCUT2D eigenvalue weighted by Crippen LogP contribution is 2.52. The number of hydrogen-bond donors (Lipinski definition) is 0. The smallest absolute Gasteiger partial charge is 0.337 e. The summed E-state index contributed by atoms with van der Waals surface area (Å²) in [7, 11) is 2.05. The zero-order valence-electron chi connectivity index (χ0n) is 13.7. The van der Waals surface area contributed by atoms with Gasteiger partial charge in [-0.15, -0.1) is 4.58 Å². The number of anilines is 1. The minimum atomic E-state index is 0.123. The molecule has 0 aromatic heterocycles. The van der Waals surface area contributed by atoms with Gasteiger partial charge < -0.3 is 4.90 Å². The van der Waals surface area contributed by atoms with Gasteiger partial charge in [-0.3, -0.25) is 0 Å². The van der Waals surface area contributed by atoms with Gasteiger partial charge >= 0.3 is 5.91 Å². The van der Waals surface area contributed by atoms with E-state index in [0.717, 1.165) is 14.3 Å². The van der Waals surface area contributed by atoms with Gasteiger partial charge in [0.2, 0.25) is 0 Å². The molecule has 2 aromatic carbocycles. The van der Waals surface area contributed by atoms with Crippen LogP contribution in [0, 0.1) is 0 Å². The topological polar surface area (TPSA) is 23.3 Å². The molecule has 0 spiro atoms. The highest BCUT2D eigenvalue weighted by molar-refractivity contribution is 8.40. The fourth-order valence-corrected chi connectivity index (χ4v) is 6.43. The molecule has 0 saturated heterocycles. The maximum absolute atomic E-state index is 12.8. The third-order valence-corrected chi connectivity index (χ3v) is 7.98. The van der Waals surface area contributed by atoms with E-state index in [9.17, 15) is 4.79 Å². The van der Waals surface area contributed by atoms with Crippen molar-refractivity contribution in [3.05, 3.63) is 46.3 Å². The van der Waals surface area contributed by atoms with Crippen molar-refractivity contribution in [3.63, 3.8) is 0 Å². The Hall–Kier alpha value is -1.37. The summed E-state index contributed by atoms with van der Waals surface area (Å²) in [4.78, 5) is 17.1. The molecule has 2 aromatic rings. The highest BCUT2D eigenvalue weighted by Gasteiger charge is 2.42. The molecule has 0 fully saturated rings. The standard InChI is InChI=1S/C18H17N2OS3/c1-4-20-16(21)15(24-18(20)22-3)17-19(2)13-10-9-11-7-5-6-8-12(11)14(13)23-17/h5-10H,4H2,1-3H3/q+1. The predicted molar refractivity (Wildman–Crippen MR) is 107 cm³/mol. The van der Waals surface area contributed by atoms with Crippen LogP contribution in [-0.4, -0.2) is 34.7 Å². The van der Waals surface area contributed by atoms with Crippen LogP contribution in [0.5, 0.6) is 0 Å². The van der Waals surface area contributed by atoms with Gasteiger partial charge in [-0.25, -0.2) is 4.79 Å². The Morgan fingerprint density at radius 3 is 2.67 bits per heavy atom. The molecule has 3 nitrogen and oxygen atoms in total. The van der Waals surface area contributed by atoms with Crippen LogP contribution in [0.4, 0.5) is 5.69 Å². The van der Waals surface area contributed by atoms with Crippen LogP contribution < -0.4 is 4.90 Å². The lowest BCUT2D eigenvalue weighted by molar-refractivity contribution is -0.433. The number of nitrogens with zero attached hydrogens (tertiary/aromatic N) is 2. The quantitative estimate of drug-likeness (QED) is 0.538. The Labute approximate surface area is 154 Å². The van der Waals surface area contributed by atoms with Gasteiger partial charge in [0.25, 0.3) is 4.38 Å². The minimum absolute atomic E-state index is 0.123. The molecule has 2 aliphatic rings. The van der Waals surface area contributed by atoms with Crippen LogP contribution in [0.2, 0.25) is 0 Å². The van der Waals surface area contributed by atoms with Gasteiger partial charge in [0.05, 0.1) is 5.69 Å². The van der Waals surface area contributed by atoms with E-state index >= 15 is 0 Å². The molecular formula is C18H17N2OS3+. The molecular weight excluding hydrogens is 356 g/mol. The van der Waals surface area contributed by atoms with Gasteiger partial charge in [-0.2, -0.15) is 0 Å². The lowest BCUT2D eigenvalue weighted by atomic mass is 10.1. The van der Waals surface area contributed by atoms with E-state index in [0.29, 0.717) is 6.54 Å². The van der Waals surface area contributed by atoms with E-state index in [1.807, 2.05) is 17.8 Å². The number of rotatable bonds is 1. The van der Waals surface area contributed by atoms with E-state index in [-0.39, 0.29) is 5.91 Å². The zero-order chi connectivity index (χ0) is 16.8. The lowest BCUT2D eigenvalue weighted by Gasteiger charge is -2.14. The average molecular weight is 374 g/mol. The van der Waals surface area contributed by atoms with Crippen molar-refractivity contribution in [3.8, 4) is 0 Å². The molecule has 0 unspecified atom stereocenters. The summed E-state index contributed by atoms with van der Waals surface area (Å²) in [6.07, 6.45) is 2.03. The van der Waals surface area contributed by atoms with Crippen molar-refractivity contribution in [2.75, 3.05) is 24.7 Å². The average Bonchev–Trinajstić information content (AvgIpc) is 3.11. The summed E-state index contributed by atoms with van der Waals surface area (Å²) >= 11 is 4.96. The molecule has 0 saturated carbocycles. The van der Waals surface area contributed by atoms with Crippen LogP contribution in [0.25, 0.3) is 10.8 Å². The first-order chi connectivity index (χ1) is 11.7. The Kier molecular flexibility index (Phi) is 4.14. The molecule has 6 heteroatoms. The van der Waals surface area contributed by atoms with Gasteiger partial charge in [0.15, 0.2) is 11.4 Å². The second-order valence-electron chi connectivity index (χ2n) is 5.55. The number of amides is 1. The van der Waals surface area contributed by atoms with Gasteiger partial charge in [0.1, 0.15) is 5.03 Å². The lowest BCUT2D eigenvalue weighted by Crippen LogP contribution is -2.21. The number of likely N-dealkylation sites (N-methyl/N-ethyl adjacent to an activating group) is 1. The van der Waals surface area contributed by atoms with Gasteiger partial charge in [-0.1, -0.05) is 53.9 Å². The van der Waals surface area contributed by atoms with Crippen molar-refractivity contribution in [2.45, 2.75) is 11.8 Å². The van der Waals surface area contributed by atoms with Crippen LogP contribution in [-0.2, 0) is 4.79 Å². The number of hydrogen-bond acceptors (Lipinski definition) is 5. The number of carbonyl (C=O) groups excluding carboxylic acids is 1. The number of carbonyl (C=O) groups is 1. The van der Waals surface area contributed by atoms with Gasteiger partial charge in [-0.05, 0) is 30.0 Å². The first-order valence-corrected chi connectivity index (χ1v) is 10.6. The van der Waals surface area contributed by atoms with E-state index in [1.54, 1.807) is 35.3 Å². The van der Waals surface area contributed by atoms with Crippen LogP contribution >= 0.6 is 35.3 Å². The van der Waals surface area contributed by atoms with Crippen LogP contribution in [0.1, 0.15) is 6.92 Å². The molecule has 122 valence electrons. The fraction of sp³-hybridized carbons (Fsp3) is 0.222. The molecule has 1 amide bonds. The third-order valence-electron chi connectivity index (χ3n) is 4.26. The Balaban J connectivity index is 1.83. The van der Waals surface area contributed by atoms with Crippen molar-refractivity contribution < 1.29 is 9.37 Å². The molecule has 0 bridgehead atoms. The zero-order valence-corrected chi connectivity index (χ0v) is 16.1. The fourth-order valence-electron chi connectivity index (χ4n) is 3.03. The molecule has 4 rings (SSSR count). The first-order valence-electron chi connectivity index (χ1n) is 7.74. The molecule has 0 aliphatic carbocycles. The van der Waals surface area contributed by atoms with Crippen molar-refractivity contribution in [2.24, 2.45) is 0 Å². The van der Waals surface area contributed by atoms with Crippen molar-refractivity contribution >= 4 is 62.0 Å². The number of thioether (sulfide) groups is 3. The maximum Gasteiger partial charge on any atom is 0.430 e. The molecule has 0 N–H and O–H groups in total. The minimum Gasteiger partial charge on any atom is -0.337 e. The first kappa shape index (κ1) is 16.1. The number of fused-ring (bicyclic) bond motifs is 3. The highest BCUT2D eigenvalue weighted by atomic mass is 32.2. The molecule has 0 radical (unpaired) electrons. The van der Waals surface area contributed by atoms with Crippen molar-refractivity contribution in [1.29, 1.82) is 0 Å².